The monoisotopic (exact) mass is 495 g/mol. The molecule has 9 nitrogen and oxygen atoms in total. The van der Waals surface area contributed by atoms with Crippen molar-refractivity contribution in [1.29, 1.82) is 0 Å². The van der Waals surface area contributed by atoms with Crippen LogP contribution in [-0.4, -0.2) is 56.6 Å². The highest BCUT2D eigenvalue weighted by Gasteiger charge is 2.32. The summed E-state index contributed by atoms with van der Waals surface area (Å²) in [5, 5.41) is 2.73. The molecule has 0 bridgehead atoms. The molecule has 2 aromatic carbocycles. The Balaban J connectivity index is 1.68. The van der Waals surface area contributed by atoms with Gasteiger partial charge in [0, 0.05) is 42.8 Å². The summed E-state index contributed by atoms with van der Waals surface area (Å²) in [7, 11) is -1.79. The van der Waals surface area contributed by atoms with Gasteiger partial charge in [0.2, 0.25) is 0 Å². The van der Waals surface area contributed by atoms with Crippen molar-refractivity contribution in [2.45, 2.75) is 18.4 Å². The lowest BCUT2D eigenvalue weighted by Crippen LogP contribution is -2.27. The van der Waals surface area contributed by atoms with E-state index < -0.39 is 15.7 Å². The number of carbonyl (C=O) groups excluding carboxylic acids is 2. The number of aryl methyl sites for hydroxylation is 1. The molecule has 1 aromatic heterocycles. The van der Waals surface area contributed by atoms with E-state index in [2.05, 4.69) is 10.3 Å². The van der Waals surface area contributed by atoms with Crippen LogP contribution in [0.5, 0.6) is 11.5 Å². The molecular formula is C25H25N3O6S. The van der Waals surface area contributed by atoms with Crippen LogP contribution < -0.4 is 10.1 Å². The standard InChI is InChI=1S/C25H25N3O6S/c1-16-4-9-23(26-14-16)27-24(29)17-12-20-21(15-28(25(20)30)10-11-33-2)22(13-17)34-18-5-7-19(8-6-18)35(3,31)32/h4-9,12-14H,10-11,15H2,1-3H3,(H,26,27,29). The molecule has 0 fully saturated rings. The van der Waals surface area contributed by atoms with Crippen molar-refractivity contribution >= 4 is 27.5 Å². The Bertz CT molecular complexity index is 1370. The van der Waals surface area contributed by atoms with Crippen molar-refractivity contribution in [3.8, 4) is 11.5 Å². The molecule has 1 aliphatic rings. The fourth-order valence-electron chi connectivity index (χ4n) is 3.65. The van der Waals surface area contributed by atoms with Gasteiger partial charge in [-0.25, -0.2) is 13.4 Å². The molecule has 0 aliphatic carbocycles. The number of hydrogen-bond acceptors (Lipinski definition) is 7. The number of nitrogens with one attached hydrogen (secondary N) is 1. The summed E-state index contributed by atoms with van der Waals surface area (Å²) in [4.78, 5) is 32.0. The number of rotatable bonds is 8. The summed E-state index contributed by atoms with van der Waals surface area (Å²) in [6.45, 7) is 2.96. The Morgan fingerprint density at radius 1 is 1.14 bits per heavy atom. The van der Waals surface area contributed by atoms with Gasteiger partial charge in [0.25, 0.3) is 11.8 Å². The van der Waals surface area contributed by atoms with Gasteiger partial charge in [-0.05, 0) is 55.0 Å². The lowest BCUT2D eigenvalue weighted by molar-refractivity contribution is 0.0719. The quantitative estimate of drug-likeness (QED) is 0.509. The van der Waals surface area contributed by atoms with Gasteiger partial charge >= 0.3 is 0 Å². The van der Waals surface area contributed by atoms with Crippen LogP contribution in [0.1, 0.15) is 31.8 Å². The largest absolute Gasteiger partial charge is 0.457 e. The molecule has 0 spiro atoms. The average Bonchev–Trinajstić information content (AvgIpc) is 3.14. The normalized spacial score (nSPS) is 13.0. The molecule has 0 unspecified atom stereocenters. The molecular weight excluding hydrogens is 470 g/mol. The maximum absolute atomic E-state index is 13.0. The molecule has 4 rings (SSSR count). The summed E-state index contributed by atoms with van der Waals surface area (Å²) in [6.07, 6.45) is 2.77. The summed E-state index contributed by atoms with van der Waals surface area (Å²) in [6, 6.07) is 12.6. The topological polar surface area (TPSA) is 115 Å². The van der Waals surface area contributed by atoms with Crippen LogP contribution in [0.25, 0.3) is 0 Å². The fraction of sp³-hybridized carbons (Fsp3) is 0.240. The average molecular weight is 496 g/mol. The van der Waals surface area contributed by atoms with Gasteiger partial charge in [-0.1, -0.05) is 6.07 Å². The summed E-state index contributed by atoms with van der Waals surface area (Å²) < 4.78 is 34.7. The fourth-order valence-corrected chi connectivity index (χ4v) is 4.28. The Morgan fingerprint density at radius 3 is 2.51 bits per heavy atom. The van der Waals surface area contributed by atoms with E-state index >= 15 is 0 Å². The van der Waals surface area contributed by atoms with Crippen LogP contribution in [0.15, 0.2) is 59.6 Å². The molecule has 0 atom stereocenters. The number of ether oxygens (including phenoxy) is 2. The highest BCUT2D eigenvalue weighted by Crippen LogP contribution is 2.35. The first-order valence-electron chi connectivity index (χ1n) is 10.8. The van der Waals surface area contributed by atoms with Crippen molar-refractivity contribution in [3.63, 3.8) is 0 Å². The van der Waals surface area contributed by atoms with Crippen LogP contribution in [0.2, 0.25) is 0 Å². The Kier molecular flexibility index (Phi) is 6.86. The first kappa shape index (κ1) is 24.4. The van der Waals surface area contributed by atoms with E-state index in [4.69, 9.17) is 9.47 Å². The SMILES string of the molecule is COCCN1Cc2c(Oc3ccc(S(C)(=O)=O)cc3)cc(C(=O)Nc3ccc(C)cn3)cc2C1=O. The third-order valence-corrected chi connectivity index (χ3v) is 6.66. The predicted octanol–water partition coefficient (Wildman–Crippen LogP) is 3.44. The summed E-state index contributed by atoms with van der Waals surface area (Å²) in [5.41, 5.74) is 2.20. The maximum Gasteiger partial charge on any atom is 0.256 e. The number of sulfone groups is 1. The van der Waals surface area contributed by atoms with Crippen LogP contribution >= 0.6 is 0 Å². The summed E-state index contributed by atoms with van der Waals surface area (Å²) in [5.74, 6) is 0.431. The molecule has 0 saturated heterocycles. The maximum atomic E-state index is 13.0. The minimum atomic E-state index is -3.35. The van der Waals surface area contributed by atoms with Crippen LogP contribution in [0.3, 0.4) is 0 Å². The van der Waals surface area contributed by atoms with E-state index in [1.807, 2.05) is 13.0 Å². The molecule has 35 heavy (non-hydrogen) atoms. The minimum Gasteiger partial charge on any atom is -0.457 e. The number of fused-ring (bicyclic) bond motifs is 1. The molecule has 1 aliphatic heterocycles. The number of benzene rings is 2. The van der Waals surface area contributed by atoms with E-state index in [0.29, 0.717) is 48.1 Å². The van der Waals surface area contributed by atoms with Crippen LogP contribution in [0, 0.1) is 6.92 Å². The lowest BCUT2D eigenvalue weighted by atomic mass is 10.0. The molecule has 0 saturated carbocycles. The third kappa shape index (κ3) is 5.50. The second kappa shape index (κ2) is 9.85. The Labute approximate surface area is 203 Å². The number of anilines is 1. The van der Waals surface area contributed by atoms with E-state index in [-0.39, 0.29) is 16.4 Å². The van der Waals surface area contributed by atoms with Gasteiger partial charge in [-0.2, -0.15) is 0 Å². The Hall–Kier alpha value is -3.76. The van der Waals surface area contributed by atoms with Crippen LogP contribution in [-0.2, 0) is 21.1 Å². The summed E-state index contributed by atoms with van der Waals surface area (Å²) >= 11 is 0. The smallest absolute Gasteiger partial charge is 0.256 e. The second-order valence-electron chi connectivity index (χ2n) is 8.24. The second-order valence-corrected chi connectivity index (χ2v) is 10.3. The zero-order valence-corrected chi connectivity index (χ0v) is 20.4. The van der Waals surface area contributed by atoms with Gasteiger partial charge < -0.3 is 19.7 Å². The van der Waals surface area contributed by atoms with Crippen molar-refractivity contribution < 1.29 is 27.5 Å². The van der Waals surface area contributed by atoms with E-state index in [1.165, 1.54) is 24.3 Å². The number of nitrogens with zero attached hydrogens (tertiary/aromatic N) is 2. The van der Waals surface area contributed by atoms with Gasteiger partial charge in [-0.3, -0.25) is 9.59 Å². The van der Waals surface area contributed by atoms with Crippen LogP contribution in [0.4, 0.5) is 5.82 Å². The number of hydrogen-bond donors (Lipinski definition) is 1. The number of amides is 2. The number of aromatic nitrogens is 1. The van der Waals surface area contributed by atoms with E-state index in [1.54, 1.807) is 36.4 Å². The van der Waals surface area contributed by atoms with Crippen molar-refractivity contribution in [2.24, 2.45) is 0 Å². The van der Waals surface area contributed by atoms with Crippen molar-refractivity contribution in [2.75, 3.05) is 31.8 Å². The minimum absolute atomic E-state index is 0.162. The first-order valence-corrected chi connectivity index (χ1v) is 12.7. The van der Waals surface area contributed by atoms with Crippen molar-refractivity contribution in [1.82, 2.24) is 9.88 Å². The van der Waals surface area contributed by atoms with Gasteiger partial charge in [0.15, 0.2) is 9.84 Å². The molecule has 2 heterocycles. The van der Waals surface area contributed by atoms with Crippen molar-refractivity contribution in [3.05, 3.63) is 77.0 Å². The number of methoxy groups -OCH3 is 1. The zero-order valence-electron chi connectivity index (χ0n) is 19.6. The number of pyridine rings is 1. The third-order valence-electron chi connectivity index (χ3n) is 5.54. The first-order chi connectivity index (χ1) is 16.7. The van der Waals surface area contributed by atoms with Gasteiger partial charge in [0.05, 0.1) is 18.0 Å². The lowest BCUT2D eigenvalue weighted by Gasteiger charge is -2.15. The van der Waals surface area contributed by atoms with E-state index in [9.17, 15) is 18.0 Å². The molecule has 0 radical (unpaired) electrons. The molecule has 3 aromatic rings. The number of carbonyl (C=O) groups is 2. The zero-order chi connectivity index (χ0) is 25.2. The molecule has 2 amide bonds. The van der Waals surface area contributed by atoms with Gasteiger partial charge in [0.1, 0.15) is 17.3 Å². The highest BCUT2D eigenvalue weighted by atomic mass is 32.2. The van der Waals surface area contributed by atoms with E-state index in [0.717, 1.165) is 11.8 Å². The highest BCUT2D eigenvalue weighted by molar-refractivity contribution is 7.90. The molecule has 182 valence electrons. The van der Waals surface area contributed by atoms with Gasteiger partial charge in [-0.15, -0.1) is 0 Å². The molecule has 10 heteroatoms. The predicted molar refractivity (Wildman–Crippen MR) is 130 cm³/mol. The Morgan fingerprint density at radius 2 is 1.89 bits per heavy atom. The molecule has 1 N–H and O–H groups in total.